The molecule has 0 saturated heterocycles. The van der Waals surface area contributed by atoms with Crippen molar-refractivity contribution in [3.05, 3.63) is 40.3 Å². The number of hydrogen-bond donors (Lipinski definition) is 1. The summed E-state index contributed by atoms with van der Waals surface area (Å²) in [6.07, 6.45) is 8.15. The normalized spacial score (nSPS) is 14.7. The Labute approximate surface area is 93.5 Å². The van der Waals surface area contributed by atoms with E-state index < -0.39 is 11.8 Å². The largest absolute Gasteiger partial charge is 0.329 e. The van der Waals surface area contributed by atoms with Crippen LogP contribution in [0.5, 0.6) is 0 Å². The van der Waals surface area contributed by atoms with Crippen LogP contribution in [0.2, 0.25) is 0 Å². The number of nitroso groups, excluding NO2 is 1. The molecule has 2 N–H and O–H groups in total. The van der Waals surface area contributed by atoms with E-state index in [2.05, 4.69) is 5.18 Å². The summed E-state index contributed by atoms with van der Waals surface area (Å²) in [5, 5.41) is 2.83. The standard InChI is InChI=1S/C10H13ClN2O2/c1-2-4-9(11)6-3-5-8(7-12)10(14)13-15/h2-6,8H,7,12H2,1H3/b4-2-,5-3+,9-6+. The fourth-order valence-corrected chi connectivity index (χ4v) is 1.02. The molecule has 4 nitrogen and oxygen atoms in total. The van der Waals surface area contributed by atoms with Gasteiger partial charge < -0.3 is 5.73 Å². The first-order chi connectivity index (χ1) is 7.15. The van der Waals surface area contributed by atoms with Gasteiger partial charge in [0.05, 0.1) is 5.92 Å². The Bertz CT molecular complexity index is 309. The van der Waals surface area contributed by atoms with Gasteiger partial charge in [0.15, 0.2) is 0 Å². The molecule has 1 atom stereocenters. The molecule has 0 bridgehead atoms. The fraction of sp³-hybridized carbons (Fsp3) is 0.300. The van der Waals surface area contributed by atoms with Crippen molar-refractivity contribution >= 4 is 17.5 Å². The van der Waals surface area contributed by atoms with E-state index >= 15 is 0 Å². The molecule has 1 unspecified atom stereocenters. The van der Waals surface area contributed by atoms with Crippen LogP contribution in [0.3, 0.4) is 0 Å². The molecule has 0 radical (unpaired) electrons. The summed E-state index contributed by atoms with van der Waals surface area (Å²) in [5.74, 6) is -1.45. The van der Waals surface area contributed by atoms with Gasteiger partial charge in [-0.15, -0.1) is 4.91 Å². The highest BCUT2D eigenvalue weighted by Crippen LogP contribution is 2.05. The fourth-order valence-electron chi connectivity index (χ4n) is 0.826. The summed E-state index contributed by atoms with van der Waals surface area (Å²) >= 11 is 5.74. The van der Waals surface area contributed by atoms with Gasteiger partial charge in [-0.05, 0) is 19.1 Å². The van der Waals surface area contributed by atoms with Crippen molar-refractivity contribution in [1.82, 2.24) is 0 Å². The molecule has 0 aromatic rings. The molecular weight excluding hydrogens is 216 g/mol. The van der Waals surface area contributed by atoms with Crippen molar-refractivity contribution < 1.29 is 4.79 Å². The van der Waals surface area contributed by atoms with Crippen LogP contribution in [0.1, 0.15) is 6.92 Å². The lowest BCUT2D eigenvalue weighted by atomic mass is 10.1. The van der Waals surface area contributed by atoms with Gasteiger partial charge in [0.2, 0.25) is 0 Å². The van der Waals surface area contributed by atoms with Crippen LogP contribution >= 0.6 is 11.6 Å². The van der Waals surface area contributed by atoms with E-state index in [1.54, 1.807) is 24.3 Å². The minimum atomic E-state index is -0.774. The first-order valence-electron chi connectivity index (χ1n) is 4.39. The van der Waals surface area contributed by atoms with Gasteiger partial charge in [-0.2, -0.15) is 0 Å². The van der Waals surface area contributed by atoms with Gasteiger partial charge >= 0.3 is 0 Å². The molecule has 15 heavy (non-hydrogen) atoms. The molecule has 0 heterocycles. The third-order valence-electron chi connectivity index (χ3n) is 1.59. The number of carbonyl (C=O) groups excluding carboxylic acids is 1. The number of hydrogen-bond acceptors (Lipinski definition) is 3. The summed E-state index contributed by atoms with van der Waals surface area (Å²) in [5.41, 5.74) is 5.29. The Hall–Kier alpha value is -1.26. The van der Waals surface area contributed by atoms with Crippen molar-refractivity contribution in [1.29, 1.82) is 0 Å². The number of nitrogens with two attached hydrogens (primary N) is 1. The van der Waals surface area contributed by atoms with Crippen LogP contribution in [0, 0.1) is 10.8 Å². The summed E-state index contributed by atoms with van der Waals surface area (Å²) in [6.45, 7) is 1.89. The maximum absolute atomic E-state index is 10.9. The topological polar surface area (TPSA) is 72.5 Å². The Kier molecular flexibility index (Phi) is 7.40. The quantitative estimate of drug-likeness (QED) is 0.579. The predicted octanol–water partition coefficient (Wildman–Crippen LogP) is 2.11. The predicted molar refractivity (Wildman–Crippen MR) is 61.2 cm³/mol. The van der Waals surface area contributed by atoms with Gasteiger partial charge in [-0.3, -0.25) is 4.79 Å². The first-order valence-corrected chi connectivity index (χ1v) is 4.77. The monoisotopic (exact) mass is 228 g/mol. The van der Waals surface area contributed by atoms with Crippen molar-refractivity contribution in [2.75, 3.05) is 6.54 Å². The third-order valence-corrected chi connectivity index (χ3v) is 1.84. The van der Waals surface area contributed by atoms with E-state index in [0.717, 1.165) is 0 Å². The molecule has 0 spiro atoms. The number of rotatable bonds is 5. The molecule has 0 saturated carbocycles. The molecule has 0 rings (SSSR count). The van der Waals surface area contributed by atoms with E-state index in [0.29, 0.717) is 5.03 Å². The number of halogens is 1. The summed E-state index contributed by atoms with van der Waals surface area (Å²) in [7, 11) is 0. The molecule has 0 aromatic heterocycles. The summed E-state index contributed by atoms with van der Waals surface area (Å²) < 4.78 is 0. The van der Waals surface area contributed by atoms with Gasteiger partial charge in [-0.1, -0.05) is 29.8 Å². The molecule has 0 aliphatic heterocycles. The second-order valence-corrected chi connectivity index (χ2v) is 3.14. The van der Waals surface area contributed by atoms with E-state index in [1.807, 2.05) is 6.92 Å². The molecule has 1 amide bonds. The smallest absolute Gasteiger partial charge is 0.294 e. The summed E-state index contributed by atoms with van der Waals surface area (Å²) in [4.78, 5) is 20.8. The summed E-state index contributed by atoms with van der Waals surface area (Å²) in [6, 6.07) is 0. The van der Waals surface area contributed by atoms with E-state index in [-0.39, 0.29) is 6.54 Å². The van der Waals surface area contributed by atoms with Crippen molar-refractivity contribution in [3.63, 3.8) is 0 Å². The van der Waals surface area contributed by atoms with Crippen LogP contribution in [0.15, 0.2) is 40.6 Å². The van der Waals surface area contributed by atoms with Crippen LogP contribution in [-0.2, 0) is 4.79 Å². The lowest BCUT2D eigenvalue weighted by molar-refractivity contribution is -0.120. The van der Waals surface area contributed by atoms with Crippen molar-refractivity contribution in [2.24, 2.45) is 16.8 Å². The van der Waals surface area contributed by atoms with E-state index in [1.165, 1.54) is 6.08 Å². The molecule has 82 valence electrons. The molecule has 0 aliphatic carbocycles. The van der Waals surface area contributed by atoms with Crippen LogP contribution in [-0.4, -0.2) is 12.5 Å². The highest BCUT2D eigenvalue weighted by atomic mass is 35.5. The Morgan fingerprint density at radius 1 is 1.60 bits per heavy atom. The van der Waals surface area contributed by atoms with Crippen LogP contribution in [0.4, 0.5) is 0 Å². The average molecular weight is 229 g/mol. The third kappa shape index (κ3) is 5.93. The van der Waals surface area contributed by atoms with Gasteiger partial charge in [0, 0.05) is 16.8 Å². The Morgan fingerprint density at radius 3 is 2.73 bits per heavy atom. The number of nitrogens with zero attached hydrogens (tertiary/aromatic N) is 1. The number of carbonyl (C=O) groups is 1. The lowest BCUT2D eigenvalue weighted by Crippen LogP contribution is -2.19. The SMILES string of the molecule is C\C=C/C(Cl)=C\C=C\C(CN)C(=O)N=O. The van der Waals surface area contributed by atoms with Gasteiger partial charge in [0.25, 0.3) is 5.91 Å². The van der Waals surface area contributed by atoms with E-state index in [9.17, 15) is 9.70 Å². The van der Waals surface area contributed by atoms with Crippen LogP contribution < -0.4 is 5.73 Å². The van der Waals surface area contributed by atoms with Crippen molar-refractivity contribution in [2.45, 2.75) is 6.92 Å². The molecule has 5 heteroatoms. The molecule has 0 aromatic carbocycles. The minimum absolute atomic E-state index is 0.0517. The van der Waals surface area contributed by atoms with Crippen molar-refractivity contribution in [3.8, 4) is 0 Å². The zero-order valence-corrected chi connectivity index (χ0v) is 9.15. The molecule has 0 aliphatic rings. The maximum Gasteiger partial charge on any atom is 0.294 e. The zero-order chi connectivity index (χ0) is 11.7. The minimum Gasteiger partial charge on any atom is -0.329 e. The molecular formula is C10H13ClN2O2. The highest BCUT2D eigenvalue weighted by Gasteiger charge is 2.12. The van der Waals surface area contributed by atoms with E-state index in [4.69, 9.17) is 17.3 Å². The number of amides is 1. The average Bonchev–Trinajstić information content (AvgIpc) is 2.24. The molecule has 0 fully saturated rings. The highest BCUT2D eigenvalue weighted by molar-refractivity contribution is 6.31. The first kappa shape index (κ1) is 13.7. The maximum atomic E-state index is 10.9. The zero-order valence-electron chi connectivity index (χ0n) is 8.39. The second-order valence-electron chi connectivity index (χ2n) is 2.71. The van der Waals surface area contributed by atoms with Gasteiger partial charge in [0.1, 0.15) is 0 Å². The Balaban J connectivity index is 4.42. The van der Waals surface area contributed by atoms with Crippen LogP contribution in [0.25, 0.3) is 0 Å². The Morgan fingerprint density at radius 2 is 2.27 bits per heavy atom. The second kappa shape index (κ2) is 8.08. The van der Waals surface area contributed by atoms with Gasteiger partial charge in [-0.25, -0.2) is 0 Å². The number of allylic oxidation sites excluding steroid dienone is 5. The lowest BCUT2D eigenvalue weighted by Gasteiger charge is -2.00.